The molecular weight excluding hydrogens is 335 g/mol. The van der Waals surface area contributed by atoms with Crippen LogP contribution in [-0.2, 0) is 11.2 Å². The standard InChI is InChI=1S/C21H25FO2S/c1-3-5-7-9-17-12-14-20(25-17)18-13-11-16(15-19(18)22)24-21(23)10-8-6-4-2/h8,10-15H,3-7,9H2,1-2H3/b10-8+. The molecule has 0 saturated carbocycles. The number of hydrogen-bond donors (Lipinski definition) is 0. The molecular formula is C21H25FO2S. The molecule has 0 N–H and O–H groups in total. The van der Waals surface area contributed by atoms with Crippen molar-refractivity contribution in [2.45, 2.75) is 52.4 Å². The highest BCUT2D eigenvalue weighted by Gasteiger charge is 2.11. The van der Waals surface area contributed by atoms with Crippen molar-refractivity contribution in [1.82, 2.24) is 0 Å². The fraction of sp³-hybridized carbons (Fsp3) is 0.381. The van der Waals surface area contributed by atoms with Crippen molar-refractivity contribution in [3.05, 3.63) is 53.2 Å². The van der Waals surface area contributed by atoms with E-state index >= 15 is 0 Å². The summed E-state index contributed by atoms with van der Waals surface area (Å²) < 4.78 is 19.5. The lowest BCUT2D eigenvalue weighted by atomic mass is 10.1. The van der Waals surface area contributed by atoms with E-state index in [9.17, 15) is 9.18 Å². The third-order valence-electron chi connectivity index (χ3n) is 3.82. The molecule has 1 aromatic heterocycles. The summed E-state index contributed by atoms with van der Waals surface area (Å²) in [6, 6.07) is 8.62. The van der Waals surface area contributed by atoms with Crippen LogP contribution in [0.4, 0.5) is 4.39 Å². The molecule has 1 heterocycles. The zero-order chi connectivity index (χ0) is 18.1. The maximum atomic E-state index is 14.4. The van der Waals surface area contributed by atoms with E-state index in [4.69, 9.17) is 4.74 Å². The topological polar surface area (TPSA) is 26.3 Å². The minimum atomic E-state index is -0.477. The van der Waals surface area contributed by atoms with Crippen LogP contribution in [0.1, 0.15) is 50.8 Å². The molecule has 0 radical (unpaired) electrons. The van der Waals surface area contributed by atoms with Crippen molar-refractivity contribution in [2.24, 2.45) is 0 Å². The van der Waals surface area contributed by atoms with Crippen molar-refractivity contribution in [3.63, 3.8) is 0 Å². The number of unbranched alkanes of at least 4 members (excludes halogenated alkanes) is 3. The minimum absolute atomic E-state index is 0.229. The Kier molecular flexibility index (Phi) is 7.86. The number of carbonyl (C=O) groups excluding carboxylic acids is 1. The zero-order valence-corrected chi connectivity index (χ0v) is 15.7. The number of aryl methyl sites for hydroxylation is 1. The molecule has 2 aromatic rings. The Labute approximate surface area is 153 Å². The van der Waals surface area contributed by atoms with Crippen LogP contribution in [-0.4, -0.2) is 5.97 Å². The average Bonchev–Trinajstić information content (AvgIpc) is 3.04. The fourth-order valence-electron chi connectivity index (χ4n) is 2.46. The van der Waals surface area contributed by atoms with Crippen LogP contribution >= 0.6 is 11.3 Å². The molecule has 2 rings (SSSR count). The summed E-state index contributed by atoms with van der Waals surface area (Å²) in [6.45, 7) is 4.22. The van der Waals surface area contributed by atoms with E-state index in [1.54, 1.807) is 29.5 Å². The van der Waals surface area contributed by atoms with Gasteiger partial charge in [-0.15, -0.1) is 11.3 Å². The first-order valence-electron chi connectivity index (χ1n) is 8.91. The smallest absolute Gasteiger partial charge is 0.335 e. The summed E-state index contributed by atoms with van der Waals surface area (Å²) in [7, 11) is 0. The molecule has 0 amide bonds. The average molecular weight is 360 g/mol. The highest BCUT2D eigenvalue weighted by molar-refractivity contribution is 7.15. The van der Waals surface area contributed by atoms with Crippen LogP contribution < -0.4 is 4.74 Å². The van der Waals surface area contributed by atoms with Crippen molar-refractivity contribution < 1.29 is 13.9 Å². The van der Waals surface area contributed by atoms with Crippen LogP contribution in [0.25, 0.3) is 10.4 Å². The van der Waals surface area contributed by atoms with Gasteiger partial charge in [-0.2, -0.15) is 0 Å². The van der Waals surface area contributed by atoms with Gasteiger partial charge in [0.1, 0.15) is 11.6 Å². The Morgan fingerprint density at radius 2 is 2.00 bits per heavy atom. The van der Waals surface area contributed by atoms with Crippen molar-refractivity contribution >= 4 is 17.3 Å². The molecule has 0 aliphatic heterocycles. The normalized spacial score (nSPS) is 11.2. The lowest BCUT2D eigenvalue weighted by molar-refractivity contribution is -0.129. The maximum Gasteiger partial charge on any atom is 0.335 e. The maximum absolute atomic E-state index is 14.4. The van der Waals surface area contributed by atoms with E-state index < -0.39 is 5.97 Å². The highest BCUT2D eigenvalue weighted by atomic mass is 32.1. The van der Waals surface area contributed by atoms with E-state index in [2.05, 4.69) is 13.0 Å². The van der Waals surface area contributed by atoms with E-state index in [0.29, 0.717) is 5.56 Å². The Balaban J connectivity index is 2.03. The Bertz CT molecular complexity index is 718. The second kappa shape index (κ2) is 10.1. The molecule has 0 saturated heterocycles. The predicted molar refractivity (Wildman–Crippen MR) is 103 cm³/mol. The second-order valence-electron chi connectivity index (χ2n) is 5.98. The van der Waals surface area contributed by atoms with Crippen molar-refractivity contribution in [1.29, 1.82) is 0 Å². The first-order chi connectivity index (χ1) is 12.1. The van der Waals surface area contributed by atoms with Gasteiger partial charge in [0, 0.05) is 27.5 Å². The largest absolute Gasteiger partial charge is 0.423 e. The molecule has 0 aliphatic carbocycles. The van der Waals surface area contributed by atoms with Gasteiger partial charge in [-0.05, 0) is 43.5 Å². The summed E-state index contributed by atoms with van der Waals surface area (Å²) in [5.41, 5.74) is 0.549. The van der Waals surface area contributed by atoms with Gasteiger partial charge in [0.05, 0.1) is 0 Å². The molecule has 25 heavy (non-hydrogen) atoms. The summed E-state index contributed by atoms with van der Waals surface area (Å²) >= 11 is 1.63. The van der Waals surface area contributed by atoms with Crippen molar-refractivity contribution in [2.75, 3.05) is 0 Å². The van der Waals surface area contributed by atoms with Gasteiger partial charge in [0.25, 0.3) is 0 Å². The van der Waals surface area contributed by atoms with Crippen LogP contribution in [0, 0.1) is 5.82 Å². The molecule has 0 atom stereocenters. The number of esters is 1. The first kappa shape index (κ1) is 19.4. The van der Waals surface area contributed by atoms with E-state index in [0.717, 1.165) is 24.1 Å². The van der Waals surface area contributed by atoms with Gasteiger partial charge in [-0.25, -0.2) is 9.18 Å². The van der Waals surface area contributed by atoms with Gasteiger partial charge >= 0.3 is 5.97 Å². The Morgan fingerprint density at radius 1 is 1.16 bits per heavy atom. The lowest BCUT2D eigenvalue weighted by Gasteiger charge is -2.05. The van der Waals surface area contributed by atoms with Crippen LogP contribution in [0.2, 0.25) is 0 Å². The summed E-state index contributed by atoms with van der Waals surface area (Å²) in [4.78, 5) is 13.8. The summed E-state index contributed by atoms with van der Waals surface area (Å²) in [5, 5.41) is 0. The Morgan fingerprint density at radius 3 is 2.72 bits per heavy atom. The SMILES string of the molecule is CCC/C=C/C(=O)Oc1ccc(-c2ccc(CCCCC)s2)c(F)c1. The van der Waals surface area contributed by atoms with Crippen LogP contribution in [0.5, 0.6) is 5.75 Å². The molecule has 0 fully saturated rings. The third-order valence-corrected chi connectivity index (χ3v) is 5.00. The molecule has 4 heteroatoms. The van der Waals surface area contributed by atoms with E-state index in [-0.39, 0.29) is 11.6 Å². The monoisotopic (exact) mass is 360 g/mol. The quantitative estimate of drug-likeness (QED) is 0.219. The number of halogens is 1. The van der Waals surface area contributed by atoms with Gasteiger partial charge in [-0.1, -0.05) is 39.2 Å². The van der Waals surface area contributed by atoms with Gasteiger partial charge in [-0.3, -0.25) is 0 Å². The highest BCUT2D eigenvalue weighted by Crippen LogP contribution is 2.32. The number of rotatable bonds is 9. The van der Waals surface area contributed by atoms with Crippen LogP contribution in [0.3, 0.4) is 0 Å². The molecule has 0 bridgehead atoms. The lowest BCUT2D eigenvalue weighted by Crippen LogP contribution is -2.04. The molecule has 0 spiro atoms. The van der Waals surface area contributed by atoms with E-state index in [1.165, 1.54) is 36.3 Å². The van der Waals surface area contributed by atoms with E-state index in [1.807, 2.05) is 13.0 Å². The molecule has 0 aliphatic rings. The van der Waals surface area contributed by atoms with Gasteiger partial charge in [0.15, 0.2) is 0 Å². The van der Waals surface area contributed by atoms with Gasteiger partial charge in [0.2, 0.25) is 0 Å². The fourth-order valence-corrected chi connectivity index (χ4v) is 3.54. The minimum Gasteiger partial charge on any atom is -0.423 e. The molecule has 0 unspecified atom stereocenters. The van der Waals surface area contributed by atoms with Crippen molar-refractivity contribution in [3.8, 4) is 16.2 Å². The Hall–Kier alpha value is -1.94. The number of ether oxygens (including phenoxy) is 1. The predicted octanol–water partition coefficient (Wildman–Crippen LogP) is 6.55. The number of thiophene rings is 1. The summed E-state index contributed by atoms with van der Waals surface area (Å²) in [6.07, 6.45) is 9.56. The zero-order valence-electron chi connectivity index (χ0n) is 14.9. The number of hydrogen-bond acceptors (Lipinski definition) is 3. The number of benzene rings is 1. The number of allylic oxidation sites excluding steroid dienone is 1. The summed E-state index contributed by atoms with van der Waals surface area (Å²) in [5.74, 6) is -0.619. The molecule has 1 aromatic carbocycles. The molecule has 2 nitrogen and oxygen atoms in total. The third kappa shape index (κ3) is 6.13. The molecule has 134 valence electrons. The number of carbonyl (C=O) groups is 1. The second-order valence-corrected chi connectivity index (χ2v) is 7.15. The van der Waals surface area contributed by atoms with Crippen LogP contribution in [0.15, 0.2) is 42.5 Å². The van der Waals surface area contributed by atoms with Gasteiger partial charge < -0.3 is 4.74 Å². The first-order valence-corrected chi connectivity index (χ1v) is 9.72.